The summed E-state index contributed by atoms with van der Waals surface area (Å²) in [7, 11) is 0. The molecule has 11 aromatic rings. The summed E-state index contributed by atoms with van der Waals surface area (Å²) in [6.07, 6.45) is 0. The van der Waals surface area contributed by atoms with E-state index in [1.54, 1.807) is 0 Å². The lowest BCUT2D eigenvalue weighted by atomic mass is 9.98. The molecule has 0 amide bonds. The summed E-state index contributed by atoms with van der Waals surface area (Å²) in [5, 5.41) is 4.99. The highest BCUT2D eigenvalue weighted by Gasteiger charge is 2.17. The van der Waals surface area contributed by atoms with Crippen LogP contribution in [0.15, 0.2) is 218 Å². The minimum atomic E-state index is 1.14. The smallest absolute Gasteiger partial charge is 0.0547 e. The van der Waals surface area contributed by atoms with Crippen LogP contribution in [0.1, 0.15) is 0 Å². The van der Waals surface area contributed by atoms with Crippen molar-refractivity contribution >= 4 is 43.6 Å². The maximum Gasteiger partial charge on any atom is 0.0547 e. The summed E-state index contributed by atoms with van der Waals surface area (Å²) in [5.41, 5.74) is 16.8. The molecule has 0 atom stereocenters. The number of hydrogen-bond acceptors (Lipinski definition) is 0. The first-order valence-corrected chi connectivity index (χ1v) is 19.3. The zero-order chi connectivity index (χ0) is 37.0. The van der Waals surface area contributed by atoms with E-state index in [-0.39, 0.29) is 0 Å². The van der Waals surface area contributed by atoms with E-state index in [9.17, 15) is 0 Å². The molecule has 0 aliphatic rings. The first kappa shape index (κ1) is 32.0. The number of hydrogen-bond donors (Lipinski definition) is 0. The average molecular weight is 713 g/mol. The minimum Gasteiger partial charge on any atom is -0.309 e. The van der Waals surface area contributed by atoms with Crippen molar-refractivity contribution in [2.75, 3.05) is 0 Å². The van der Waals surface area contributed by atoms with Crippen molar-refractivity contribution in [3.05, 3.63) is 218 Å². The molecule has 0 N–H and O–H groups in total. The van der Waals surface area contributed by atoms with Crippen LogP contribution >= 0.6 is 0 Å². The van der Waals surface area contributed by atoms with Crippen LogP contribution in [0.2, 0.25) is 0 Å². The van der Waals surface area contributed by atoms with Gasteiger partial charge in [0.25, 0.3) is 0 Å². The van der Waals surface area contributed by atoms with Crippen LogP contribution in [0.5, 0.6) is 0 Å². The van der Waals surface area contributed by atoms with E-state index < -0.39 is 0 Å². The Morgan fingerprint density at radius 1 is 0.196 bits per heavy atom. The Morgan fingerprint density at radius 3 is 1.16 bits per heavy atom. The topological polar surface area (TPSA) is 9.86 Å². The van der Waals surface area contributed by atoms with E-state index >= 15 is 0 Å². The zero-order valence-electron chi connectivity index (χ0n) is 30.7. The van der Waals surface area contributed by atoms with Crippen molar-refractivity contribution in [1.29, 1.82) is 0 Å². The van der Waals surface area contributed by atoms with Gasteiger partial charge in [-0.3, -0.25) is 0 Å². The Kier molecular flexibility index (Phi) is 7.53. The van der Waals surface area contributed by atoms with Crippen LogP contribution in [0.25, 0.3) is 99.5 Å². The molecule has 0 radical (unpaired) electrons. The largest absolute Gasteiger partial charge is 0.309 e. The monoisotopic (exact) mass is 712 g/mol. The number of benzene rings is 9. The second kappa shape index (κ2) is 13.2. The summed E-state index contributed by atoms with van der Waals surface area (Å²) in [6, 6.07) is 79.4. The molecule has 2 nitrogen and oxygen atoms in total. The molecule has 2 heterocycles. The SMILES string of the molecule is c1ccc(-c2ccc(-c3ccc4c(c3)c3cc(-c5ccc6c7ccccc7n(-c7ccccc7)c6c5)ccc3n4-c3ccc(-c4ccccc4)cc3)cc2)cc1. The zero-order valence-corrected chi connectivity index (χ0v) is 30.7. The molecule has 0 unspecified atom stereocenters. The van der Waals surface area contributed by atoms with Gasteiger partial charge in [0.2, 0.25) is 0 Å². The third-order valence-electron chi connectivity index (χ3n) is 11.3. The molecule has 56 heavy (non-hydrogen) atoms. The molecule has 0 aliphatic carbocycles. The van der Waals surface area contributed by atoms with Gasteiger partial charge in [0.05, 0.1) is 22.1 Å². The molecule has 0 fully saturated rings. The molecule has 0 aliphatic heterocycles. The number of aromatic nitrogens is 2. The molecule has 0 saturated carbocycles. The van der Waals surface area contributed by atoms with Gasteiger partial charge in [-0.15, -0.1) is 0 Å². The lowest BCUT2D eigenvalue weighted by Crippen LogP contribution is -1.94. The fourth-order valence-electron chi connectivity index (χ4n) is 8.59. The Morgan fingerprint density at radius 2 is 0.554 bits per heavy atom. The maximum atomic E-state index is 2.42. The number of para-hydroxylation sites is 2. The molecular weight excluding hydrogens is 677 g/mol. The molecule has 262 valence electrons. The Hall–Kier alpha value is -7.42. The summed E-state index contributed by atoms with van der Waals surface area (Å²) in [4.78, 5) is 0. The van der Waals surface area contributed by atoms with Crippen molar-refractivity contribution < 1.29 is 0 Å². The van der Waals surface area contributed by atoms with Crippen LogP contribution in [0.4, 0.5) is 0 Å². The van der Waals surface area contributed by atoms with Crippen LogP contribution in [-0.2, 0) is 0 Å². The lowest BCUT2D eigenvalue weighted by Gasteiger charge is -2.11. The molecule has 0 spiro atoms. The van der Waals surface area contributed by atoms with Crippen molar-refractivity contribution in [2.45, 2.75) is 0 Å². The quantitative estimate of drug-likeness (QED) is 0.162. The predicted octanol–water partition coefficient (Wildman–Crippen LogP) is 14.5. The Balaban J connectivity index is 1.09. The Labute approximate surface area is 325 Å². The van der Waals surface area contributed by atoms with Crippen molar-refractivity contribution in [3.63, 3.8) is 0 Å². The highest BCUT2D eigenvalue weighted by Crippen LogP contribution is 2.40. The van der Waals surface area contributed by atoms with Crippen molar-refractivity contribution in [3.8, 4) is 55.9 Å². The van der Waals surface area contributed by atoms with Crippen LogP contribution < -0.4 is 0 Å². The van der Waals surface area contributed by atoms with Gasteiger partial charge in [-0.25, -0.2) is 0 Å². The molecule has 11 rings (SSSR count). The second-order valence-electron chi connectivity index (χ2n) is 14.6. The van der Waals surface area contributed by atoms with Crippen molar-refractivity contribution in [1.82, 2.24) is 9.13 Å². The molecule has 2 aromatic heterocycles. The fraction of sp³-hybridized carbons (Fsp3) is 0. The van der Waals surface area contributed by atoms with E-state index in [0.29, 0.717) is 0 Å². The summed E-state index contributed by atoms with van der Waals surface area (Å²) >= 11 is 0. The predicted molar refractivity (Wildman–Crippen MR) is 237 cm³/mol. The third kappa shape index (κ3) is 5.34. The van der Waals surface area contributed by atoms with E-state index in [0.717, 1.165) is 11.4 Å². The Bertz CT molecular complexity index is 3190. The third-order valence-corrected chi connectivity index (χ3v) is 11.3. The number of nitrogens with zero attached hydrogens (tertiary/aromatic N) is 2. The first-order valence-electron chi connectivity index (χ1n) is 19.3. The fourth-order valence-corrected chi connectivity index (χ4v) is 8.59. The summed E-state index contributed by atoms with van der Waals surface area (Å²) < 4.78 is 4.81. The van der Waals surface area contributed by atoms with E-state index in [4.69, 9.17) is 0 Å². The molecule has 2 heteroatoms. The minimum absolute atomic E-state index is 1.14. The molecular formula is C54H36N2. The van der Waals surface area contributed by atoms with Gasteiger partial charge >= 0.3 is 0 Å². The van der Waals surface area contributed by atoms with Gasteiger partial charge in [-0.05, 0) is 105 Å². The van der Waals surface area contributed by atoms with E-state index in [1.807, 2.05) is 0 Å². The number of rotatable bonds is 6. The normalized spacial score (nSPS) is 11.6. The summed E-state index contributed by atoms with van der Waals surface area (Å²) in [5.74, 6) is 0. The summed E-state index contributed by atoms with van der Waals surface area (Å²) in [6.45, 7) is 0. The highest BCUT2D eigenvalue weighted by atomic mass is 15.0. The molecule has 0 saturated heterocycles. The van der Waals surface area contributed by atoms with Crippen molar-refractivity contribution in [2.24, 2.45) is 0 Å². The van der Waals surface area contributed by atoms with E-state index in [2.05, 4.69) is 228 Å². The number of fused-ring (bicyclic) bond motifs is 6. The average Bonchev–Trinajstić information content (AvgIpc) is 3.79. The molecule has 0 bridgehead atoms. The van der Waals surface area contributed by atoms with Gasteiger partial charge in [0.1, 0.15) is 0 Å². The van der Waals surface area contributed by atoms with Gasteiger partial charge in [-0.2, -0.15) is 0 Å². The van der Waals surface area contributed by atoms with Crippen LogP contribution in [0, 0.1) is 0 Å². The maximum absolute atomic E-state index is 2.42. The first-order chi connectivity index (χ1) is 27.8. The van der Waals surface area contributed by atoms with Crippen LogP contribution in [0.3, 0.4) is 0 Å². The van der Waals surface area contributed by atoms with Gasteiger partial charge in [-0.1, -0.05) is 158 Å². The lowest BCUT2D eigenvalue weighted by molar-refractivity contribution is 1.18. The van der Waals surface area contributed by atoms with Gasteiger partial charge in [0.15, 0.2) is 0 Å². The van der Waals surface area contributed by atoms with E-state index in [1.165, 1.54) is 88.1 Å². The van der Waals surface area contributed by atoms with Crippen LogP contribution in [-0.4, -0.2) is 9.13 Å². The van der Waals surface area contributed by atoms with Gasteiger partial charge in [0, 0.05) is 32.9 Å². The standard InChI is InChI=1S/C54H36N2/c1-4-12-37(13-5-1)39-20-22-41(23-21-39)42-27-32-52-49(34-42)50-35-43(28-33-53(50)55(52)46-29-24-40(25-30-46)38-14-6-2-7-15-38)44-26-31-48-47-18-10-11-19-51(47)56(54(48)36-44)45-16-8-3-9-17-45/h1-36H. The van der Waals surface area contributed by atoms with Gasteiger partial charge < -0.3 is 9.13 Å². The molecule has 9 aromatic carbocycles. The second-order valence-corrected chi connectivity index (χ2v) is 14.6. The highest BCUT2D eigenvalue weighted by molar-refractivity contribution is 6.13.